The van der Waals surface area contributed by atoms with Crippen LogP contribution in [0.4, 0.5) is 0 Å². The molecule has 2 aromatic heterocycles. The maximum atomic E-state index is 11.1. The molecule has 0 bridgehead atoms. The van der Waals surface area contributed by atoms with E-state index in [-0.39, 0.29) is 12.0 Å². The summed E-state index contributed by atoms with van der Waals surface area (Å²) in [6.45, 7) is 2.09. The van der Waals surface area contributed by atoms with E-state index >= 15 is 0 Å². The van der Waals surface area contributed by atoms with Crippen molar-refractivity contribution in [2.24, 2.45) is 13.0 Å². The van der Waals surface area contributed by atoms with Gasteiger partial charge in [0.25, 0.3) is 0 Å². The van der Waals surface area contributed by atoms with Crippen LogP contribution in [-0.4, -0.2) is 31.7 Å². The van der Waals surface area contributed by atoms with Gasteiger partial charge in [0.15, 0.2) is 0 Å². The van der Waals surface area contributed by atoms with Gasteiger partial charge in [-0.2, -0.15) is 0 Å². The van der Waals surface area contributed by atoms with Gasteiger partial charge < -0.3 is 14.4 Å². The van der Waals surface area contributed by atoms with E-state index in [4.69, 9.17) is 14.8 Å². The minimum absolute atomic E-state index is 0.0241. The molecular formula is C22H25N3O3. The number of hydrogen-bond acceptors (Lipinski definition) is 4. The summed E-state index contributed by atoms with van der Waals surface area (Å²) < 4.78 is 8.10. The van der Waals surface area contributed by atoms with Crippen molar-refractivity contribution in [2.75, 3.05) is 0 Å². The Bertz CT molecular complexity index is 1000. The first-order valence-corrected chi connectivity index (χ1v) is 9.76. The Morgan fingerprint density at radius 3 is 2.75 bits per heavy atom. The number of carboxylic acid groups (broad SMARTS) is 1. The van der Waals surface area contributed by atoms with E-state index in [9.17, 15) is 4.79 Å². The molecule has 6 nitrogen and oxygen atoms in total. The number of aliphatic carboxylic acids is 1. The van der Waals surface area contributed by atoms with Crippen molar-refractivity contribution in [3.05, 3.63) is 53.5 Å². The second-order valence-electron chi connectivity index (χ2n) is 7.69. The molecule has 2 heterocycles. The summed E-state index contributed by atoms with van der Waals surface area (Å²) in [6.07, 6.45) is 5.41. The molecule has 0 atom stereocenters. The van der Waals surface area contributed by atoms with E-state index in [2.05, 4.69) is 40.7 Å². The number of pyridine rings is 1. The Morgan fingerprint density at radius 1 is 1.25 bits per heavy atom. The fourth-order valence-electron chi connectivity index (χ4n) is 3.95. The smallest absolute Gasteiger partial charge is 0.306 e. The monoisotopic (exact) mass is 379 g/mol. The van der Waals surface area contributed by atoms with Crippen LogP contribution in [0.2, 0.25) is 0 Å². The average Bonchev–Trinajstić information content (AvgIpc) is 2.97. The van der Waals surface area contributed by atoms with Crippen LogP contribution >= 0.6 is 0 Å². The Kier molecular flexibility index (Phi) is 5.03. The quantitative estimate of drug-likeness (QED) is 0.728. The molecule has 3 aromatic rings. The lowest BCUT2D eigenvalue weighted by atomic mass is 9.87. The van der Waals surface area contributed by atoms with Gasteiger partial charge in [-0.1, -0.05) is 29.8 Å². The Morgan fingerprint density at radius 2 is 2.04 bits per heavy atom. The van der Waals surface area contributed by atoms with Crippen molar-refractivity contribution in [3.8, 4) is 5.88 Å². The standard InChI is InChI=1S/C22H25N3O3/c1-14-4-3-5-15(10-14)11-20-24-18-12-21(23-13-19(18)25(20)2)28-17-8-6-16(7-9-17)22(26)27/h3-5,10,12-13,16-17H,6-9,11H2,1-2H3,(H,26,27)/t16-,17+. The van der Waals surface area contributed by atoms with Gasteiger partial charge in [0, 0.05) is 19.5 Å². The van der Waals surface area contributed by atoms with Gasteiger partial charge in [0.05, 0.1) is 23.1 Å². The SMILES string of the molecule is Cc1cccc(Cc2nc3cc(O[C@H]4CC[C@@H](C(=O)O)CC4)ncc3n2C)c1. The van der Waals surface area contributed by atoms with Crippen LogP contribution < -0.4 is 4.74 Å². The van der Waals surface area contributed by atoms with Gasteiger partial charge in [0.1, 0.15) is 11.9 Å². The molecule has 146 valence electrons. The van der Waals surface area contributed by atoms with Crippen LogP contribution in [-0.2, 0) is 18.3 Å². The zero-order valence-corrected chi connectivity index (χ0v) is 16.3. The lowest BCUT2D eigenvalue weighted by Gasteiger charge is -2.26. The summed E-state index contributed by atoms with van der Waals surface area (Å²) in [6, 6.07) is 10.3. The predicted octanol–water partition coefficient (Wildman–Crippen LogP) is 3.89. The number of carbonyl (C=O) groups is 1. The molecule has 28 heavy (non-hydrogen) atoms. The van der Waals surface area contributed by atoms with Crippen molar-refractivity contribution in [1.82, 2.24) is 14.5 Å². The maximum absolute atomic E-state index is 11.1. The van der Waals surface area contributed by atoms with Gasteiger partial charge in [-0.05, 0) is 38.2 Å². The zero-order valence-electron chi connectivity index (χ0n) is 16.3. The van der Waals surface area contributed by atoms with Crippen LogP contribution in [0, 0.1) is 12.8 Å². The first-order chi connectivity index (χ1) is 13.5. The molecule has 1 aliphatic rings. The third kappa shape index (κ3) is 3.86. The molecule has 1 N–H and O–H groups in total. The minimum atomic E-state index is -0.701. The second kappa shape index (κ2) is 7.62. The largest absolute Gasteiger partial charge is 0.481 e. The molecule has 0 spiro atoms. The molecular weight excluding hydrogens is 354 g/mol. The summed E-state index contributed by atoms with van der Waals surface area (Å²) in [5, 5.41) is 9.12. The third-order valence-corrected chi connectivity index (χ3v) is 5.59. The first kappa shape index (κ1) is 18.5. The molecule has 0 saturated heterocycles. The minimum Gasteiger partial charge on any atom is -0.481 e. The van der Waals surface area contributed by atoms with Gasteiger partial charge in [0.2, 0.25) is 5.88 Å². The van der Waals surface area contributed by atoms with E-state index in [1.807, 2.05) is 13.1 Å². The molecule has 0 aliphatic heterocycles. The van der Waals surface area contributed by atoms with Crippen LogP contribution in [0.25, 0.3) is 11.0 Å². The highest BCUT2D eigenvalue weighted by molar-refractivity contribution is 5.76. The number of rotatable bonds is 5. The van der Waals surface area contributed by atoms with E-state index in [1.165, 1.54) is 11.1 Å². The highest BCUT2D eigenvalue weighted by Gasteiger charge is 2.27. The molecule has 6 heteroatoms. The normalized spacial score (nSPS) is 19.6. The van der Waals surface area contributed by atoms with Crippen LogP contribution in [0.15, 0.2) is 36.5 Å². The fourth-order valence-corrected chi connectivity index (χ4v) is 3.95. The predicted molar refractivity (Wildman–Crippen MR) is 107 cm³/mol. The highest BCUT2D eigenvalue weighted by atomic mass is 16.5. The van der Waals surface area contributed by atoms with E-state index in [0.717, 1.165) is 36.1 Å². The van der Waals surface area contributed by atoms with Crippen molar-refractivity contribution in [2.45, 2.75) is 45.1 Å². The lowest BCUT2D eigenvalue weighted by molar-refractivity contribution is -0.143. The highest BCUT2D eigenvalue weighted by Crippen LogP contribution is 2.28. The number of hydrogen-bond donors (Lipinski definition) is 1. The van der Waals surface area contributed by atoms with E-state index in [0.29, 0.717) is 18.7 Å². The molecule has 1 aromatic carbocycles. The number of fused-ring (bicyclic) bond motifs is 1. The molecule has 4 rings (SSSR count). The van der Waals surface area contributed by atoms with Crippen molar-refractivity contribution >= 4 is 17.0 Å². The second-order valence-corrected chi connectivity index (χ2v) is 7.69. The number of benzene rings is 1. The van der Waals surface area contributed by atoms with Crippen LogP contribution in [0.3, 0.4) is 0 Å². The molecule has 0 radical (unpaired) electrons. The zero-order chi connectivity index (χ0) is 19.7. The Hall–Kier alpha value is -2.89. The van der Waals surface area contributed by atoms with Crippen LogP contribution in [0.1, 0.15) is 42.6 Å². The summed E-state index contributed by atoms with van der Waals surface area (Å²) in [5.41, 5.74) is 4.32. The van der Waals surface area contributed by atoms with E-state index in [1.54, 1.807) is 6.20 Å². The summed E-state index contributed by atoms with van der Waals surface area (Å²) in [4.78, 5) is 20.3. The van der Waals surface area contributed by atoms with Crippen molar-refractivity contribution in [3.63, 3.8) is 0 Å². The molecule has 0 unspecified atom stereocenters. The molecule has 0 amide bonds. The average molecular weight is 379 g/mol. The molecule has 1 saturated carbocycles. The lowest BCUT2D eigenvalue weighted by Crippen LogP contribution is -2.28. The Balaban J connectivity index is 1.49. The fraction of sp³-hybridized carbons (Fsp3) is 0.409. The van der Waals surface area contributed by atoms with Gasteiger partial charge >= 0.3 is 5.97 Å². The van der Waals surface area contributed by atoms with Gasteiger partial charge in [-0.25, -0.2) is 9.97 Å². The molecule has 1 aliphatic carbocycles. The summed E-state index contributed by atoms with van der Waals surface area (Å²) >= 11 is 0. The number of imidazole rings is 1. The summed E-state index contributed by atoms with van der Waals surface area (Å²) in [7, 11) is 2.01. The molecule has 1 fully saturated rings. The Labute approximate surface area is 164 Å². The van der Waals surface area contributed by atoms with Crippen molar-refractivity contribution < 1.29 is 14.6 Å². The number of ether oxygens (including phenoxy) is 1. The topological polar surface area (TPSA) is 77.2 Å². The summed E-state index contributed by atoms with van der Waals surface area (Å²) in [5.74, 6) is 0.607. The number of aromatic nitrogens is 3. The van der Waals surface area contributed by atoms with Crippen LogP contribution in [0.5, 0.6) is 5.88 Å². The van der Waals surface area contributed by atoms with E-state index < -0.39 is 5.97 Å². The van der Waals surface area contributed by atoms with Gasteiger partial charge in [-0.3, -0.25) is 4.79 Å². The number of aryl methyl sites for hydroxylation is 2. The number of carboxylic acids is 1. The number of nitrogens with zero attached hydrogens (tertiary/aromatic N) is 3. The first-order valence-electron chi connectivity index (χ1n) is 9.76. The van der Waals surface area contributed by atoms with Gasteiger partial charge in [-0.15, -0.1) is 0 Å². The van der Waals surface area contributed by atoms with Crippen molar-refractivity contribution in [1.29, 1.82) is 0 Å². The third-order valence-electron chi connectivity index (χ3n) is 5.59. The maximum Gasteiger partial charge on any atom is 0.306 e.